The fourth-order valence-corrected chi connectivity index (χ4v) is 4.76. The van der Waals surface area contributed by atoms with Gasteiger partial charge in [-0.25, -0.2) is 0 Å². The molecule has 0 spiro atoms. The van der Waals surface area contributed by atoms with Gasteiger partial charge in [-0.3, -0.25) is 14.8 Å². The SMILES string of the molecule is CC1CC(=O)Nc2ccc(CCCN3CCN(c4n[nH]c5ccccc45)CC3)cc21. The predicted octanol–water partition coefficient (Wildman–Crippen LogP) is 3.76. The van der Waals surface area contributed by atoms with Crippen LogP contribution in [0.1, 0.15) is 36.8 Å². The van der Waals surface area contributed by atoms with Crippen LogP contribution in [0, 0.1) is 0 Å². The summed E-state index contributed by atoms with van der Waals surface area (Å²) in [5, 5.41) is 11.9. The molecule has 1 fully saturated rings. The Labute approximate surface area is 177 Å². The fraction of sp³-hybridized carbons (Fsp3) is 0.417. The number of anilines is 2. The number of rotatable bonds is 5. The number of para-hydroxylation sites is 1. The van der Waals surface area contributed by atoms with Crippen LogP contribution in [-0.2, 0) is 11.2 Å². The summed E-state index contributed by atoms with van der Waals surface area (Å²) in [6.07, 6.45) is 2.83. The summed E-state index contributed by atoms with van der Waals surface area (Å²) in [6, 6.07) is 14.9. The molecular formula is C24H29N5O. The Hall–Kier alpha value is -2.86. The molecule has 1 aromatic heterocycles. The Morgan fingerprint density at radius 1 is 1.10 bits per heavy atom. The Bertz CT molecular complexity index is 1050. The van der Waals surface area contributed by atoms with Crippen LogP contribution in [0.4, 0.5) is 11.5 Å². The first-order chi connectivity index (χ1) is 14.7. The molecule has 0 saturated carbocycles. The molecule has 1 atom stereocenters. The maximum atomic E-state index is 11.7. The van der Waals surface area contributed by atoms with Crippen molar-refractivity contribution < 1.29 is 4.79 Å². The zero-order valence-corrected chi connectivity index (χ0v) is 17.5. The predicted molar refractivity (Wildman–Crippen MR) is 121 cm³/mol. The molecule has 1 amide bonds. The largest absolute Gasteiger partial charge is 0.352 e. The smallest absolute Gasteiger partial charge is 0.224 e. The highest BCUT2D eigenvalue weighted by atomic mass is 16.1. The molecule has 2 aliphatic rings. The molecule has 5 rings (SSSR count). The number of amides is 1. The number of nitrogens with one attached hydrogen (secondary N) is 2. The van der Waals surface area contributed by atoms with Crippen molar-refractivity contribution in [1.29, 1.82) is 0 Å². The van der Waals surface area contributed by atoms with Crippen LogP contribution in [0.2, 0.25) is 0 Å². The zero-order valence-electron chi connectivity index (χ0n) is 17.5. The minimum atomic E-state index is 0.129. The second-order valence-electron chi connectivity index (χ2n) is 8.60. The zero-order chi connectivity index (χ0) is 20.5. The maximum absolute atomic E-state index is 11.7. The lowest BCUT2D eigenvalue weighted by Gasteiger charge is -2.35. The van der Waals surface area contributed by atoms with Crippen molar-refractivity contribution in [3.8, 4) is 0 Å². The van der Waals surface area contributed by atoms with Crippen molar-refractivity contribution >= 4 is 28.3 Å². The van der Waals surface area contributed by atoms with E-state index < -0.39 is 0 Å². The van der Waals surface area contributed by atoms with E-state index in [1.165, 1.54) is 16.5 Å². The number of hydrogen-bond acceptors (Lipinski definition) is 4. The Morgan fingerprint density at radius 2 is 1.93 bits per heavy atom. The van der Waals surface area contributed by atoms with E-state index in [2.05, 4.69) is 68.6 Å². The maximum Gasteiger partial charge on any atom is 0.224 e. The number of carbonyl (C=O) groups excluding carboxylic acids is 1. The molecule has 2 N–H and O–H groups in total. The summed E-state index contributed by atoms with van der Waals surface area (Å²) in [5.74, 6) is 1.52. The number of aromatic nitrogens is 2. The number of aryl methyl sites for hydroxylation is 1. The summed E-state index contributed by atoms with van der Waals surface area (Å²) in [7, 11) is 0. The second kappa shape index (κ2) is 8.11. The summed E-state index contributed by atoms with van der Waals surface area (Å²) in [6.45, 7) is 7.46. The highest BCUT2D eigenvalue weighted by Crippen LogP contribution is 2.32. The van der Waals surface area contributed by atoms with Gasteiger partial charge in [0.25, 0.3) is 0 Å². The minimum Gasteiger partial charge on any atom is -0.352 e. The standard InChI is InChI=1S/C24H29N5O/c1-17-15-23(30)25-21-9-8-18(16-20(17)21)5-4-10-28-11-13-29(14-12-28)24-19-6-2-3-7-22(19)26-27-24/h2-3,6-9,16-17H,4-5,10-15H2,1H3,(H,25,30)(H,26,27). The summed E-state index contributed by atoms with van der Waals surface area (Å²) in [5.41, 5.74) is 4.75. The molecule has 2 aromatic carbocycles. The first-order valence-electron chi connectivity index (χ1n) is 11.0. The molecule has 30 heavy (non-hydrogen) atoms. The van der Waals surface area contributed by atoms with Crippen LogP contribution in [0.5, 0.6) is 0 Å². The fourth-order valence-electron chi connectivity index (χ4n) is 4.76. The van der Waals surface area contributed by atoms with Gasteiger partial charge in [0.1, 0.15) is 0 Å². The van der Waals surface area contributed by atoms with E-state index in [1.807, 2.05) is 6.07 Å². The number of piperazine rings is 1. The van der Waals surface area contributed by atoms with Gasteiger partial charge in [-0.1, -0.05) is 31.2 Å². The van der Waals surface area contributed by atoms with Crippen LogP contribution in [-0.4, -0.2) is 53.7 Å². The molecule has 6 nitrogen and oxygen atoms in total. The average molecular weight is 404 g/mol. The number of aromatic amines is 1. The van der Waals surface area contributed by atoms with Gasteiger partial charge in [0.05, 0.1) is 5.52 Å². The van der Waals surface area contributed by atoms with Crippen molar-refractivity contribution in [3.05, 3.63) is 53.6 Å². The molecule has 1 unspecified atom stereocenters. The van der Waals surface area contributed by atoms with Gasteiger partial charge in [0.15, 0.2) is 5.82 Å². The number of H-pyrrole nitrogens is 1. The average Bonchev–Trinajstić information content (AvgIpc) is 3.19. The van der Waals surface area contributed by atoms with E-state index in [-0.39, 0.29) is 5.91 Å². The quantitative estimate of drug-likeness (QED) is 0.681. The van der Waals surface area contributed by atoms with E-state index >= 15 is 0 Å². The first kappa shape index (κ1) is 19.1. The monoisotopic (exact) mass is 403 g/mol. The van der Waals surface area contributed by atoms with Crippen LogP contribution >= 0.6 is 0 Å². The minimum absolute atomic E-state index is 0.129. The van der Waals surface area contributed by atoms with E-state index in [4.69, 9.17) is 0 Å². The Morgan fingerprint density at radius 3 is 2.80 bits per heavy atom. The third-order valence-corrected chi connectivity index (χ3v) is 6.47. The molecule has 6 heteroatoms. The van der Waals surface area contributed by atoms with Crippen LogP contribution in [0.15, 0.2) is 42.5 Å². The van der Waals surface area contributed by atoms with Crippen molar-refractivity contribution in [3.63, 3.8) is 0 Å². The number of carbonyl (C=O) groups is 1. The normalized spacial score (nSPS) is 19.7. The van der Waals surface area contributed by atoms with E-state index in [0.29, 0.717) is 12.3 Å². The Kier molecular flexibility index (Phi) is 5.17. The molecule has 0 aliphatic carbocycles. The number of fused-ring (bicyclic) bond motifs is 2. The van der Waals surface area contributed by atoms with Gasteiger partial charge in [-0.05, 0) is 54.6 Å². The summed E-state index contributed by atoms with van der Waals surface area (Å²) < 4.78 is 0. The first-order valence-corrected chi connectivity index (χ1v) is 11.0. The van der Waals surface area contributed by atoms with Gasteiger partial charge >= 0.3 is 0 Å². The van der Waals surface area contributed by atoms with Gasteiger partial charge in [-0.15, -0.1) is 0 Å². The van der Waals surface area contributed by atoms with E-state index in [9.17, 15) is 4.79 Å². The van der Waals surface area contributed by atoms with E-state index in [0.717, 1.165) is 62.6 Å². The topological polar surface area (TPSA) is 64.3 Å². The molecule has 1 saturated heterocycles. The van der Waals surface area contributed by atoms with Crippen LogP contribution in [0.3, 0.4) is 0 Å². The van der Waals surface area contributed by atoms with Crippen LogP contribution in [0.25, 0.3) is 10.9 Å². The van der Waals surface area contributed by atoms with Gasteiger partial charge in [0.2, 0.25) is 5.91 Å². The highest BCUT2D eigenvalue weighted by Gasteiger charge is 2.22. The summed E-state index contributed by atoms with van der Waals surface area (Å²) in [4.78, 5) is 16.7. The molecule has 0 bridgehead atoms. The van der Waals surface area contributed by atoms with E-state index in [1.54, 1.807) is 0 Å². The van der Waals surface area contributed by atoms with Gasteiger partial charge < -0.3 is 10.2 Å². The van der Waals surface area contributed by atoms with Crippen LogP contribution < -0.4 is 10.2 Å². The molecule has 0 radical (unpaired) electrons. The van der Waals surface area contributed by atoms with Crippen molar-refractivity contribution in [1.82, 2.24) is 15.1 Å². The number of nitrogens with zero attached hydrogens (tertiary/aromatic N) is 3. The number of benzene rings is 2. The lowest BCUT2D eigenvalue weighted by molar-refractivity contribution is -0.116. The molecular weight excluding hydrogens is 374 g/mol. The summed E-state index contributed by atoms with van der Waals surface area (Å²) >= 11 is 0. The molecule has 3 heterocycles. The second-order valence-corrected chi connectivity index (χ2v) is 8.60. The number of hydrogen-bond donors (Lipinski definition) is 2. The van der Waals surface area contributed by atoms with Gasteiger partial charge in [-0.2, -0.15) is 5.10 Å². The van der Waals surface area contributed by atoms with Crippen molar-refractivity contribution in [2.24, 2.45) is 0 Å². The van der Waals surface area contributed by atoms with Gasteiger partial charge in [0, 0.05) is 43.7 Å². The Balaban J connectivity index is 1.13. The third kappa shape index (κ3) is 3.79. The van der Waals surface area contributed by atoms with Crippen molar-refractivity contribution in [2.45, 2.75) is 32.1 Å². The van der Waals surface area contributed by atoms with Crippen molar-refractivity contribution in [2.75, 3.05) is 42.9 Å². The lowest BCUT2D eigenvalue weighted by Crippen LogP contribution is -2.46. The third-order valence-electron chi connectivity index (χ3n) is 6.47. The molecule has 156 valence electrons. The highest BCUT2D eigenvalue weighted by molar-refractivity contribution is 5.94. The molecule has 2 aliphatic heterocycles. The molecule has 3 aromatic rings. The lowest BCUT2D eigenvalue weighted by atomic mass is 9.90.